The standard InChI is InChI=1S/C13H9BrFN3OS/c1-6-4-8-11(17-13(16)18-12(8)20-6)19-10-3-2-7(14)5-9(10)15/h2-5H,1H3,(H2,16,17,18). The molecule has 0 aliphatic carbocycles. The maximum absolute atomic E-state index is 13.8. The molecule has 0 unspecified atom stereocenters. The number of aromatic nitrogens is 2. The van der Waals surface area contributed by atoms with Gasteiger partial charge in [0.15, 0.2) is 11.6 Å². The molecule has 0 aliphatic heterocycles. The summed E-state index contributed by atoms with van der Waals surface area (Å²) in [6.45, 7) is 1.95. The van der Waals surface area contributed by atoms with Crippen LogP contribution in [0.2, 0.25) is 0 Å². The minimum atomic E-state index is -0.475. The zero-order valence-corrected chi connectivity index (χ0v) is 12.8. The minimum absolute atomic E-state index is 0.0939. The van der Waals surface area contributed by atoms with Crippen molar-refractivity contribution in [3.05, 3.63) is 39.4 Å². The van der Waals surface area contributed by atoms with Crippen molar-refractivity contribution in [2.24, 2.45) is 0 Å². The van der Waals surface area contributed by atoms with Crippen LogP contribution in [0.1, 0.15) is 4.88 Å². The number of nitrogens with zero attached hydrogens (tertiary/aromatic N) is 2. The van der Waals surface area contributed by atoms with Gasteiger partial charge in [-0.25, -0.2) is 9.37 Å². The van der Waals surface area contributed by atoms with Crippen molar-refractivity contribution < 1.29 is 9.13 Å². The van der Waals surface area contributed by atoms with E-state index in [-0.39, 0.29) is 17.6 Å². The van der Waals surface area contributed by atoms with Crippen molar-refractivity contribution in [1.29, 1.82) is 0 Å². The number of ether oxygens (including phenoxy) is 1. The number of aryl methyl sites for hydroxylation is 1. The van der Waals surface area contributed by atoms with Gasteiger partial charge in [0.2, 0.25) is 11.8 Å². The SMILES string of the molecule is Cc1cc2c(Oc3ccc(Br)cc3F)nc(N)nc2s1. The van der Waals surface area contributed by atoms with E-state index in [1.807, 2.05) is 13.0 Å². The first-order valence-electron chi connectivity index (χ1n) is 5.69. The molecule has 0 bridgehead atoms. The molecular formula is C13H9BrFN3OS. The summed E-state index contributed by atoms with van der Waals surface area (Å²) in [5, 5.41) is 0.726. The van der Waals surface area contributed by atoms with E-state index in [9.17, 15) is 4.39 Å². The first-order chi connectivity index (χ1) is 9.52. The van der Waals surface area contributed by atoms with Crippen LogP contribution in [0, 0.1) is 12.7 Å². The lowest BCUT2D eigenvalue weighted by Gasteiger charge is -2.07. The second-order valence-corrected chi connectivity index (χ2v) is 6.29. The van der Waals surface area contributed by atoms with Crippen LogP contribution in [0.25, 0.3) is 10.2 Å². The molecule has 0 saturated carbocycles. The third-order valence-corrected chi connectivity index (χ3v) is 4.04. The number of nitrogens with two attached hydrogens (primary N) is 1. The Labute approximate surface area is 126 Å². The highest BCUT2D eigenvalue weighted by Crippen LogP contribution is 2.34. The van der Waals surface area contributed by atoms with Gasteiger partial charge in [-0.1, -0.05) is 15.9 Å². The highest BCUT2D eigenvalue weighted by Gasteiger charge is 2.13. The van der Waals surface area contributed by atoms with Crippen molar-refractivity contribution >= 4 is 43.4 Å². The zero-order valence-electron chi connectivity index (χ0n) is 10.4. The number of hydrogen-bond donors (Lipinski definition) is 1. The van der Waals surface area contributed by atoms with Crippen LogP contribution in [-0.4, -0.2) is 9.97 Å². The summed E-state index contributed by atoms with van der Waals surface area (Å²) in [4.78, 5) is 9.97. The lowest BCUT2D eigenvalue weighted by molar-refractivity contribution is 0.432. The summed E-state index contributed by atoms with van der Waals surface area (Å²) < 4.78 is 20.0. The highest BCUT2D eigenvalue weighted by molar-refractivity contribution is 9.10. The molecule has 0 radical (unpaired) electrons. The van der Waals surface area contributed by atoms with Gasteiger partial charge in [-0.2, -0.15) is 4.98 Å². The normalized spacial score (nSPS) is 10.9. The van der Waals surface area contributed by atoms with Gasteiger partial charge in [0.25, 0.3) is 0 Å². The molecule has 1 aromatic carbocycles. The Morgan fingerprint density at radius 1 is 1.30 bits per heavy atom. The van der Waals surface area contributed by atoms with E-state index < -0.39 is 5.82 Å². The Hall–Kier alpha value is -1.73. The van der Waals surface area contributed by atoms with Crippen LogP contribution < -0.4 is 10.5 Å². The van der Waals surface area contributed by atoms with Crippen LogP contribution in [-0.2, 0) is 0 Å². The predicted octanol–water partition coefficient (Wildman–Crippen LogP) is 4.28. The molecule has 3 rings (SSSR count). The van der Waals surface area contributed by atoms with Crippen LogP contribution in [0.4, 0.5) is 10.3 Å². The quantitative estimate of drug-likeness (QED) is 0.746. The smallest absolute Gasteiger partial charge is 0.233 e. The van der Waals surface area contributed by atoms with E-state index in [2.05, 4.69) is 25.9 Å². The minimum Gasteiger partial charge on any atom is -0.435 e. The van der Waals surface area contributed by atoms with Crippen LogP contribution in [0.3, 0.4) is 0 Å². The topological polar surface area (TPSA) is 61.0 Å². The Bertz CT molecular complexity index is 806. The Morgan fingerprint density at radius 2 is 2.10 bits per heavy atom. The summed E-state index contributed by atoms with van der Waals surface area (Å²) in [6, 6.07) is 6.45. The first-order valence-corrected chi connectivity index (χ1v) is 7.30. The molecule has 2 N–H and O–H groups in total. The fourth-order valence-corrected chi connectivity index (χ4v) is 2.98. The average molecular weight is 354 g/mol. The third-order valence-electron chi connectivity index (χ3n) is 2.60. The number of benzene rings is 1. The maximum atomic E-state index is 13.8. The summed E-state index contributed by atoms with van der Waals surface area (Å²) >= 11 is 4.68. The fourth-order valence-electron chi connectivity index (χ4n) is 1.77. The van der Waals surface area contributed by atoms with Gasteiger partial charge < -0.3 is 10.5 Å². The van der Waals surface area contributed by atoms with E-state index in [0.29, 0.717) is 4.47 Å². The highest BCUT2D eigenvalue weighted by atomic mass is 79.9. The van der Waals surface area contributed by atoms with Crippen molar-refractivity contribution in [3.8, 4) is 11.6 Å². The molecule has 2 heterocycles. The number of thiophene rings is 1. The Morgan fingerprint density at radius 3 is 2.85 bits per heavy atom. The number of anilines is 1. The molecule has 0 fully saturated rings. The van der Waals surface area contributed by atoms with Gasteiger partial charge in [-0.05, 0) is 31.2 Å². The van der Waals surface area contributed by atoms with Crippen LogP contribution >= 0.6 is 27.3 Å². The van der Waals surface area contributed by atoms with E-state index in [1.165, 1.54) is 23.5 Å². The number of hydrogen-bond acceptors (Lipinski definition) is 5. The van der Waals surface area contributed by atoms with E-state index in [0.717, 1.165) is 15.1 Å². The summed E-state index contributed by atoms with van der Waals surface area (Å²) in [5.41, 5.74) is 5.65. The Balaban J connectivity index is 2.10. The molecule has 3 aromatic rings. The van der Waals surface area contributed by atoms with Gasteiger partial charge in [0.05, 0.1) is 5.39 Å². The number of fused-ring (bicyclic) bond motifs is 1. The lowest BCUT2D eigenvalue weighted by Crippen LogP contribution is -1.98. The average Bonchev–Trinajstić information content (AvgIpc) is 2.73. The van der Waals surface area contributed by atoms with E-state index >= 15 is 0 Å². The van der Waals surface area contributed by atoms with Crippen molar-refractivity contribution in [1.82, 2.24) is 9.97 Å². The first kappa shape index (κ1) is 13.3. The maximum Gasteiger partial charge on any atom is 0.233 e. The van der Waals surface area contributed by atoms with E-state index in [4.69, 9.17) is 10.5 Å². The van der Waals surface area contributed by atoms with Crippen LogP contribution in [0.15, 0.2) is 28.7 Å². The molecule has 0 atom stereocenters. The van der Waals surface area contributed by atoms with Gasteiger partial charge in [-0.3, -0.25) is 0 Å². The summed E-state index contributed by atoms with van der Waals surface area (Å²) in [7, 11) is 0. The Kier molecular flexibility index (Phi) is 3.31. The predicted molar refractivity (Wildman–Crippen MR) is 80.7 cm³/mol. The van der Waals surface area contributed by atoms with Gasteiger partial charge in [0.1, 0.15) is 4.83 Å². The summed E-state index contributed by atoms with van der Waals surface area (Å²) in [5.74, 6) is -0.0157. The van der Waals surface area contributed by atoms with Crippen molar-refractivity contribution in [2.75, 3.05) is 5.73 Å². The summed E-state index contributed by atoms with van der Waals surface area (Å²) in [6.07, 6.45) is 0. The fraction of sp³-hybridized carbons (Fsp3) is 0.0769. The van der Waals surface area contributed by atoms with Crippen LogP contribution in [0.5, 0.6) is 11.6 Å². The molecular weight excluding hydrogens is 345 g/mol. The van der Waals surface area contributed by atoms with Crippen molar-refractivity contribution in [2.45, 2.75) is 6.92 Å². The van der Waals surface area contributed by atoms with Gasteiger partial charge in [-0.15, -0.1) is 11.3 Å². The number of halogens is 2. The molecule has 0 saturated heterocycles. The molecule has 20 heavy (non-hydrogen) atoms. The van der Waals surface area contributed by atoms with Crippen molar-refractivity contribution in [3.63, 3.8) is 0 Å². The molecule has 4 nitrogen and oxygen atoms in total. The van der Waals surface area contributed by atoms with Gasteiger partial charge in [0, 0.05) is 9.35 Å². The molecule has 0 aliphatic rings. The molecule has 0 amide bonds. The molecule has 102 valence electrons. The molecule has 0 spiro atoms. The van der Waals surface area contributed by atoms with Gasteiger partial charge >= 0.3 is 0 Å². The number of rotatable bonds is 2. The molecule has 7 heteroatoms. The third kappa shape index (κ3) is 2.46. The largest absolute Gasteiger partial charge is 0.435 e. The second-order valence-electron chi connectivity index (χ2n) is 4.14. The molecule has 2 aromatic heterocycles. The lowest BCUT2D eigenvalue weighted by atomic mass is 10.3. The van der Waals surface area contributed by atoms with E-state index in [1.54, 1.807) is 6.07 Å². The number of nitrogen functional groups attached to an aromatic ring is 1. The zero-order chi connectivity index (χ0) is 14.3. The monoisotopic (exact) mass is 353 g/mol. The second kappa shape index (κ2) is 4.99.